The molecule has 3 atom stereocenters. The van der Waals surface area contributed by atoms with Crippen molar-refractivity contribution in [1.29, 1.82) is 0 Å². The summed E-state index contributed by atoms with van der Waals surface area (Å²) in [6, 6.07) is 20.7. The number of benzene rings is 2. The molecule has 198 valence electrons. The van der Waals surface area contributed by atoms with E-state index < -0.39 is 23.1 Å². The van der Waals surface area contributed by atoms with Crippen LogP contribution in [0.15, 0.2) is 94.5 Å². The van der Waals surface area contributed by atoms with Crippen LogP contribution in [0.4, 0.5) is 10.8 Å². The molecule has 0 aliphatic heterocycles. The minimum atomic E-state index is -0.969. The lowest BCUT2D eigenvalue weighted by atomic mass is 9.82. The van der Waals surface area contributed by atoms with Gasteiger partial charge in [0.2, 0.25) is 11.8 Å². The number of carboxylic acids is 1. The van der Waals surface area contributed by atoms with Crippen molar-refractivity contribution in [2.24, 2.45) is 11.8 Å². The smallest absolute Gasteiger partial charge is 0.307 e. The Morgan fingerprint density at radius 3 is 2.46 bits per heavy atom. The number of aliphatic carboxylic acids is 1. The largest absolute Gasteiger partial charge is 0.481 e. The van der Waals surface area contributed by atoms with Gasteiger partial charge in [-0.15, -0.1) is 34.4 Å². The Bertz CT molecular complexity index is 1480. The zero-order valence-corrected chi connectivity index (χ0v) is 23.1. The number of thioether (sulfide) groups is 1. The molecule has 1 aliphatic carbocycles. The predicted molar refractivity (Wildman–Crippen MR) is 157 cm³/mol. The molecule has 4 aromatic rings. The topological polar surface area (TPSA) is 108 Å². The molecule has 5 rings (SSSR count). The maximum atomic E-state index is 13.5. The molecule has 39 heavy (non-hydrogen) atoms. The number of carbonyl (C=O) groups is 3. The summed E-state index contributed by atoms with van der Waals surface area (Å²) in [6.07, 6.45) is 4.39. The van der Waals surface area contributed by atoms with E-state index in [1.807, 2.05) is 77.5 Å². The second-order valence-electron chi connectivity index (χ2n) is 8.92. The molecular weight excluding hydrogens is 551 g/mol. The molecule has 2 aromatic heterocycles. The Balaban J connectivity index is 1.32. The second kappa shape index (κ2) is 12.4. The zero-order chi connectivity index (χ0) is 27.2. The van der Waals surface area contributed by atoms with E-state index in [1.54, 1.807) is 23.5 Å². The summed E-state index contributed by atoms with van der Waals surface area (Å²) in [5.41, 5.74) is 2.22. The fourth-order valence-corrected chi connectivity index (χ4v) is 6.89. The third-order valence-electron chi connectivity index (χ3n) is 6.29. The lowest BCUT2D eigenvalue weighted by Gasteiger charge is -2.24. The Hall–Kier alpha value is -3.73. The lowest BCUT2D eigenvalue weighted by molar-refractivity contribution is -0.146. The first-order chi connectivity index (χ1) is 19.0. The van der Waals surface area contributed by atoms with E-state index in [-0.39, 0.29) is 11.8 Å². The number of thiophene rings is 1. The van der Waals surface area contributed by atoms with Crippen LogP contribution in [0.3, 0.4) is 0 Å². The molecule has 0 bridgehead atoms. The quantitative estimate of drug-likeness (QED) is 0.147. The summed E-state index contributed by atoms with van der Waals surface area (Å²) in [4.78, 5) is 44.5. The number of anilines is 2. The maximum absolute atomic E-state index is 13.5. The number of hydrogen-bond donors (Lipinski definition) is 3. The number of carboxylic acid groups (broad SMARTS) is 1. The molecule has 0 spiro atoms. The van der Waals surface area contributed by atoms with Gasteiger partial charge in [0.1, 0.15) is 5.25 Å². The van der Waals surface area contributed by atoms with Crippen molar-refractivity contribution < 1.29 is 19.5 Å². The highest BCUT2D eigenvalue weighted by Gasteiger charge is 2.34. The number of rotatable bonds is 9. The van der Waals surface area contributed by atoms with E-state index >= 15 is 0 Å². The van der Waals surface area contributed by atoms with Crippen molar-refractivity contribution in [3.63, 3.8) is 0 Å². The molecular formula is C29H25N3O4S3. The summed E-state index contributed by atoms with van der Waals surface area (Å²) in [5, 5.41) is 19.2. The SMILES string of the molecule is O=C(Nc1nc(-c2cccs2)cs1)C(Sc1cccc(NC(=O)C2CC=CCC2C(=O)O)c1)c1ccccc1. The molecule has 0 saturated carbocycles. The molecule has 2 amide bonds. The highest BCUT2D eigenvalue weighted by Crippen LogP contribution is 2.38. The first-order valence-corrected chi connectivity index (χ1v) is 14.9. The number of hydrogen-bond acceptors (Lipinski definition) is 7. The zero-order valence-electron chi connectivity index (χ0n) is 20.7. The first-order valence-electron chi connectivity index (χ1n) is 12.3. The van der Waals surface area contributed by atoms with Gasteiger partial charge >= 0.3 is 5.97 Å². The maximum Gasteiger partial charge on any atom is 0.307 e. The van der Waals surface area contributed by atoms with Gasteiger partial charge in [0.15, 0.2) is 5.13 Å². The van der Waals surface area contributed by atoms with E-state index in [4.69, 9.17) is 0 Å². The molecule has 3 unspecified atom stereocenters. The van der Waals surface area contributed by atoms with Crippen LogP contribution >= 0.6 is 34.4 Å². The van der Waals surface area contributed by atoms with Crippen LogP contribution in [-0.4, -0.2) is 27.9 Å². The van der Waals surface area contributed by atoms with Crippen molar-refractivity contribution in [2.45, 2.75) is 23.0 Å². The van der Waals surface area contributed by atoms with Crippen LogP contribution in [0.5, 0.6) is 0 Å². The van der Waals surface area contributed by atoms with E-state index in [0.29, 0.717) is 23.7 Å². The summed E-state index contributed by atoms with van der Waals surface area (Å²) in [5.74, 6) is -2.88. The molecule has 7 nitrogen and oxygen atoms in total. The van der Waals surface area contributed by atoms with E-state index in [2.05, 4.69) is 15.6 Å². The number of nitrogens with zero attached hydrogens (tertiary/aromatic N) is 1. The molecule has 0 fully saturated rings. The van der Waals surface area contributed by atoms with Gasteiger partial charge in [-0.25, -0.2) is 4.98 Å². The number of amides is 2. The van der Waals surface area contributed by atoms with Gasteiger partial charge in [-0.3, -0.25) is 14.4 Å². The molecule has 1 aliphatic rings. The summed E-state index contributed by atoms with van der Waals surface area (Å²) in [6.45, 7) is 0. The number of nitrogens with one attached hydrogen (secondary N) is 2. The van der Waals surface area contributed by atoms with Crippen molar-refractivity contribution in [1.82, 2.24) is 4.98 Å². The third kappa shape index (κ3) is 6.65. The van der Waals surface area contributed by atoms with Crippen LogP contribution in [-0.2, 0) is 14.4 Å². The first kappa shape index (κ1) is 26.9. The Morgan fingerprint density at radius 2 is 1.72 bits per heavy atom. The van der Waals surface area contributed by atoms with Crippen molar-refractivity contribution in [3.05, 3.63) is 95.2 Å². The van der Waals surface area contributed by atoms with Gasteiger partial charge in [0, 0.05) is 16.0 Å². The fourth-order valence-electron chi connectivity index (χ4n) is 4.34. The van der Waals surface area contributed by atoms with Crippen molar-refractivity contribution in [2.75, 3.05) is 10.6 Å². The standard InChI is InChI=1S/C29H25N3O4S3/c33-26(21-12-4-5-13-22(21)28(35)36)30-19-10-6-11-20(16-19)39-25(18-8-2-1-3-9-18)27(34)32-29-31-23(17-38-29)24-14-7-15-37-24/h1-11,14-17,21-22,25H,12-13H2,(H,30,33)(H,35,36)(H,31,32,34). The van der Waals surface area contributed by atoms with Gasteiger partial charge in [0.25, 0.3) is 0 Å². The number of allylic oxidation sites excluding steroid dienone is 2. The third-order valence-corrected chi connectivity index (χ3v) is 9.19. The van der Waals surface area contributed by atoms with Crippen LogP contribution in [0.1, 0.15) is 23.7 Å². The van der Waals surface area contributed by atoms with Crippen molar-refractivity contribution >= 4 is 63.0 Å². The van der Waals surface area contributed by atoms with Gasteiger partial charge in [-0.05, 0) is 48.1 Å². The number of aromatic nitrogens is 1. The van der Waals surface area contributed by atoms with Gasteiger partial charge in [-0.2, -0.15) is 0 Å². The van der Waals surface area contributed by atoms with E-state index in [1.165, 1.54) is 23.1 Å². The molecule has 0 radical (unpaired) electrons. The van der Waals surface area contributed by atoms with Gasteiger partial charge in [-0.1, -0.05) is 54.6 Å². The minimum Gasteiger partial charge on any atom is -0.481 e. The van der Waals surface area contributed by atoms with Crippen LogP contribution in [0.2, 0.25) is 0 Å². The van der Waals surface area contributed by atoms with Crippen LogP contribution < -0.4 is 10.6 Å². The molecule has 10 heteroatoms. The number of thiazole rings is 1. The normalized spacial score (nSPS) is 17.3. The van der Waals surface area contributed by atoms with Crippen molar-refractivity contribution in [3.8, 4) is 10.6 Å². The van der Waals surface area contributed by atoms with Gasteiger partial charge in [0.05, 0.1) is 22.4 Å². The van der Waals surface area contributed by atoms with Crippen LogP contribution in [0.25, 0.3) is 10.6 Å². The average molecular weight is 576 g/mol. The van der Waals surface area contributed by atoms with E-state index in [9.17, 15) is 19.5 Å². The Labute approximate surface area is 238 Å². The van der Waals surface area contributed by atoms with Gasteiger partial charge < -0.3 is 15.7 Å². The highest BCUT2D eigenvalue weighted by atomic mass is 32.2. The Morgan fingerprint density at radius 1 is 0.923 bits per heavy atom. The summed E-state index contributed by atoms with van der Waals surface area (Å²) in [7, 11) is 0. The highest BCUT2D eigenvalue weighted by molar-refractivity contribution is 8.00. The monoisotopic (exact) mass is 575 g/mol. The molecule has 2 heterocycles. The average Bonchev–Trinajstić information content (AvgIpc) is 3.65. The molecule has 3 N–H and O–H groups in total. The second-order valence-corrected chi connectivity index (χ2v) is 11.9. The molecule has 2 aromatic carbocycles. The summed E-state index contributed by atoms with van der Waals surface area (Å²) >= 11 is 4.34. The Kier molecular flexibility index (Phi) is 8.55. The summed E-state index contributed by atoms with van der Waals surface area (Å²) < 4.78 is 0. The number of carbonyl (C=O) groups excluding carboxylic acids is 2. The predicted octanol–water partition coefficient (Wildman–Crippen LogP) is 6.95. The molecule has 0 saturated heterocycles. The van der Waals surface area contributed by atoms with Crippen LogP contribution in [0, 0.1) is 11.8 Å². The lowest BCUT2D eigenvalue weighted by Crippen LogP contribution is -2.34. The fraction of sp³-hybridized carbons (Fsp3) is 0.172. The minimum absolute atomic E-state index is 0.203. The van der Waals surface area contributed by atoms with E-state index in [0.717, 1.165) is 21.0 Å².